The molecule has 0 aromatic rings. The first-order chi connectivity index (χ1) is 6.61. The zero-order valence-corrected chi connectivity index (χ0v) is 10.3. The summed E-state index contributed by atoms with van der Waals surface area (Å²) in [7, 11) is 8.27. The minimum absolute atomic E-state index is 0. The van der Waals surface area contributed by atoms with Crippen molar-refractivity contribution < 1.29 is 0 Å². The molecule has 1 rings (SSSR count). The lowest BCUT2D eigenvalue weighted by Crippen LogP contribution is -2.46. The molecule has 3 atom stereocenters. The fourth-order valence-electron chi connectivity index (χ4n) is 2.51. The molecule has 2 radical (unpaired) electrons. The van der Waals surface area contributed by atoms with Gasteiger partial charge in [0, 0.05) is 13.1 Å². The lowest BCUT2D eigenvalue weighted by molar-refractivity contribution is 0.204. The fraction of sp³-hybridized carbons (Fsp3) is 0.917. The Morgan fingerprint density at radius 1 is 1.53 bits per heavy atom. The second-order valence-electron chi connectivity index (χ2n) is 4.25. The van der Waals surface area contributed by atoms with E-state index in [1.807, 2.05) is 0 Å². The van der Waals surface area contributed by atoms with E-state index in [1.165, 1.54) is 6.42 Å². The van der Waals surface area contributed by atoms with Crippen LogP contribution in [0.4, 0.5) is 0 Å². The summed E-state index contributed by atoms with van der Waals surface area (Å²) in [5, 5.41) is 0. The maximum Gasteiger partial charge on any atom is 0.0779 e. The van der Waals surface area contributed by atoms with Crippen molar-refractivity contribution in [1.29, 1.82) is 0 Å². The average Bonchev–Trinajstić information content (AvgIpc) is 2.20. The molecule has 86 valence electrons. The summed E-state index contributed by atoms with van der Waals surface area (Å²) in [6, 6.07) is 0.561. The van der Waals surface area contributed by atoms with Crippen molar-refractivity contribution in [3.8, 4) is 0 Å². The van der Waals surface area contributed by atoms with Crippen LogP contribution in [-0.2, 0) is 0 Å². The maximum absolute atomic E-state index is 6.15. The summed E-state index contributed by atoms with van der Waals surface area (Å²) in [6.45, 7) is 4.40. The Labute approximate surface area is 102 Å². The van der Waals surface area contributed by atoms with Gasteiger partial charge in [0.05, 0.1) is 12.8 Å². The molecular formula is C12H24BNS. The Morgan fingerprint density at radius 3 is 2.60 bits per heavy atom. The minimum Gasteiger partial charge on any atom is -0.366 e. The summed E-state index contributed by atoms with van der Waals surface area (Å²) < 4.78 is 0. The Hall–Kier alpha value is -0.0451. The molecule has 1 saturated heterocycles. The number of rotatable bonds is 3. The summed E-state index contributed by atoms with van der Waals surface area (Å²) in [5.41, 5.74) is 0. The van der Waals surface area contributed by atoms with Gasteiger partial charge < -0.3 is 4.90 Å². The Morgan fingerprint density at radius 2 is 2.13 bits per heavy atom. The third-order valence-electron chi connectivity index (χ3n) is 3.52. The van der Waals surface area contributed by atoms with Crippen LogP contribution in [-0.4, -0.2) is 30.8 Å². The van der Waals surface area contributed by atoms with Crippen molar-refractivity contribution in [1.82, 2.24) is 4.90 Å². The monoisotopic (exact) mass is 225 g/mol. The molecule has 1 heterocycles. The van der Waals surface area contributed by atoms with Gasteiger partial charge in [-0.2, -0.15) is 0 Å². The zero-order chi connectivity index (χ0) is 10.7. The quantitative estimate of drug-likeness (QED) is 0.534. The van der Waals surface area contributed by atoms with Crippen LogP contribution in [0.1, 0.15) is 47.0 Å². The van der Waals surface area contributed by atoms with Crippen LogP contribution in [0.3, 0.4) is 0 Å². The van der Waals surface area contributed by atoms with Crippen LogP contribution in [0.5, 0.6) is 0 Å². The number of hydrogen-bond acceptors (Lipinski definition) is 1. The fourth-order valence-corrected chi connectivity index (χ4v) is 2.76. The zero-order valence-electron chi connectivity index (χ0n) is 9.49. The average molecular weight is 225 g/mol. The van der Waals surface area contributed by atoms with Crippen molar-refractivity contribution in [2.75, 3.05) is 7.05 Å². The second-order valence-corrected chi connectivity index (χ2v) is 4.73. The van der Waals surface area contributed by atoms with Gasteiger partial charge in [-0.15, -0.1) is 0 Å². The smallest absolute Gasteiger partial charge is 0.0779 e. The Balaban J connectivity index is 0.00000196. The summed E-state index contributed by atoms with van der Waals surface area (Å²) in [6.07, 6.45) is 4.44. The standard InChI is InChI=1S/C11H20BNS.CH4/c1-4-9(12)8-6-7-11(14)13(3)10(8)5-2;/h8-10H,4-7H2,1-3H3;1H4. The third kappa shape index (κ3) is 3.20. The molecular weight excluding hydrogens is 201 g/mol. The molecule has 0 spiro atoms. The van der Waals surface area contributed by atoms with Crippen LogP contribution >= 0.6 is 12.2 Å². The van der Waals surface area contributed by atoms with Gasteiger partial charge in [-0.05, 0) is 25.2 Å². The van der Waals surface area contributed by atoms with E-state index in [0.29, 0.717) is 17.8 Å². The molecule has 15 heavy (non-hydrogen) atoms. The first-order valence-corrected chi connectivity index (χ1v) is 6.03. The van der Waals surface area contributed by atoms with Crippen molar-refractivity contribution in [3.05, 3.63) is 0 Å². The highest BCUT2D eigenvalue weighted by molar-refractivity contribution is 7.80. The van der Waals surface area contributed by atoms with E-state index in [1.54, 1.807) is 0 Å². The number of likely N-dealkylation sites (tertiary alicyclic amines) is 1. The molecule has 0 amide bonds. The molecule has 1 aliphatic heterocycles. The molecule has 1 aliphatic rings. The molecule has 0 aromatic heterocycles. The Kier molecular flexibility index (Phi) is 6.50. The SMILES string of the molecule is C.[B]C(CC)C1CCC(=S)N(C)C1CC. The van der Waals surface area contributed by atoms with Crippen LogP contribution in [0.2, 0.25) is 5.82 Å². The number of nitrogens with zero attached hydrogens (tertiary/aromatic N) is 1. The third-order valence-corrected chi connectivity index (χ3v) is 4.01. The predicted molar refractivity (Wildman–Crippen MR) is 73.7 cm³/mol. The van der Waals surface area contributed by atoms with E-state index in [4.69, 9.17) is 20.1 Å². The number of piperidine rings is 1. The van der Waals surface area contributed by atoms with Gasteiger partial charge in [-0.3, -0.25) is 0 Å². The van der Waals surface area contributed by atoms with Crippen LogP contribution in [0.15, 0.2) is 0 Å². The summed E-state index contributed by atoms with van der Waals surface area (Å²) in [4.78, 5) is 3.37. The molecule has 3 unspecified atom stereocenters. The van der Waals surface area contributed by atoms with E-state index < -0.39 is 0 Å². The van der Waals surface area contributed by atoms with Gasteiger partial charge in [0.25, 0.3) is 0 Å². The predicted octanol–water partition coefficient (Wildman–Crippen LogP) is 3.44. The topological polar surface area (TPSA) is 3.24 Å². The van der Waals surface area contributed by atoms with Gasteiger partial charge in [0.1, 0.15) is 0 Å². The molecule has 0 bridgehead atoms. The normalized spacial score (nSPS) is 28.5. The number of thiocarbonyl (C=S) groups is 1. The van der Waals surface area contributed by atoms with Gasteiger partial charge in [-0.1, -0.05) is 45.7 Å². The first-order valence-electron chi connectivity index (χ1n) is 5.63. The molecule has 0 aromatic carbocycles. The number of hydrogen-bond donors (Lipinski definition) is 0. The lowest BCUT2D eigenvalue weighted by Gasteiger charge is -2.43. The highest BCUT2D eigenvalue weighted by Crippen LogP contribution is 2.35. The van der Waals surface area contributed by atoms with E-state index in [-0.39, 0.29) is 7.43 Å². The lowest BCUT2D eigenvalue weighted by atomic mass is 9.68. The Bertz CT molecular complexity index is 208. The van der Waals surface area contributed by atoms with Gasteiger partial charge >= 0.3 is 0 Å². The minimum atomic E-state index is 0. The molecule has 3 heteroatoms. The van der Waals surface area contributed by atoms with Crippen LogP contribution in [0.25, 0.3) is 0 Å². The maximum atomic E-state index is 6.15. The van der Waals surface area contributed by atoms with Crippen molar-refractivity contribution in [2.24, 2.45) is 5.92 Å². The molecule has 1 nitrogen and oxygen atoms in total. The molecule has 1 fully saturated rings. The van der Waals surface area contributed by atoms with Crippen molar-refractivity contribution in [3.63, 3.8) is 0 Å². The summed E-state index contributed by atoms with van der Waals surface area (Å²) in [5.74, 6) is 0.965. The van der Waals surface area contributed by atoms with E-state index in [9.17, 15) is 0 Å². The molecule has 0 N–H and O–H groups in total. The van der Waals surface area contributed by atoms with Gasteiger partial charge in [0.15, 0.2) is 0 Å². The van der Waals surface area contributed by atoms with Crippen molar-refractivity contribution in [2.45, 2.75) is 58.8 Å². The molecule has 0 saturated carbocycles. The highest BCUT2D eigenvalue weighted by atomic mass is 32.1. The van der Waals surface area contributed by atoms with Crippen LogP contribution < -0.4 is 0 Å². The second kappa shape index (κ2) is 6.52. The molecule has 0 aliphatic carbocycles. The van der Waals surface area contributed by atoms with E-state index in [2.05, 4.69) is 25.8 Å². The van der Waals surface area contributed by atoms with Crippen LogP contribution in [0, 0.1) is 5.92 Å². The van der Waals surface area contributed by atoms with Crippen molar-refractivity contribution >= 4 is 25.1 Å². The summed E-state index contributed by atoms with van der Waals surface area (Å²) >= 11 is 5.33. The first kappa shape index (κ1) is 15.0. The van der Waals surface area contributed by atoms with E-state index in [0.717, 1.165) is 24.3 Å². The highest BCUT2D eigenvalue weighted by Gasteiger charge is 2.32. The van der Waals surface area contributed by atoms with E-state index >= 15 is 0 Å². The largest absolute Gasteiger partial charge is 0.366 e. The van der Waals surface area contributed by atoms with Gasteiger partial charge in [0.2, 0.25) is 0 Å². The van der Waals surface area contributed by atoms with Gasteiger partial charge in [-0.25, -0.2) is 0 Å².